The molecule has 2 atom stereocenters. The van der Waals surface area contributed by atoms with Crippen LogP contribution in [0.4, 0.5) is 0 Å². The average molecular weight is 204 g/mol. The fourth-order valence-electron chi connectivity index (χ4n) is 3.10. The van der Waals surface area contributed by atoms with Crippen LogP contribution in [0.5, 0.6) is 0 Å². The van der Waals surface area contributed by atoms with Gasteiger partial charge in [-0.15, -0.1) is 0 Å². The van der Waals surface area contributed by atoms with Crippen LogP contribution in [-0.2, 0) is 0 Å². The van der Waals surface area contributed by atoms with E-state index in [1.54, 1.807) is 0 Å². The molecule has 4 rings (SSSR count). The van der Waals surface area contributed by atoms with Crippen LogP contribution in [0.2, 0.25) is 0 Å². The molecule has 2 unspecified atom stereocenters. The molecule has 76 valence electrons. The third-order valence-corrected chi connectivity index (χ3v) is 3.86. The number of fused-ring (bicyclic) bond motifs is 6. The fourth-order valence-corrected chi connectivity index (χ4v) is 3.10. The minimum Gasteiger partial charge on any atom is -0.0754 e. The Balaban J connectivity index is 1.96. The molecule has 0 radical (unpaired) electrons. The van der Waals surface area contributed by atoms with Crippen molar-refractivity contribution in [1.82, 2.24) is 0 Å². The lowest BCUT2D eigenvalue weighted by atomic mass is 9.62. The Hall–Kier alpha value is -1.82. The normalized spacial score (nSPS) is 24.0. The fraction of sp³-hybridized carbons (Fsp3) is 0.125. The van der Waals surface area contributed by atoms with Crippen LogP contribution < -0.4 is 0 Å². The molecule has 2 aliphatic carbocycles. The molecule has 2 aromatic carbocycles. The van der Waals surface area contributed by atoms with E-state index in [4.69, 9.17) is 0 Å². The van der Waals surface area contributed by atoms with Gasteiger partial charge in [0.05, 0.1) is 0 Å². The highest BCUT2D eigenvalue weighted by Gasteiger charge is 2.38. The van der Waals surface area contributed by atoms with E-state index in [9.17, 15) is 0 Å². The lowest BCUT2D eigenvalue weighted by Gasteiger charge is -2.41. The van der Waals surface area contributed by atoms with Crippen LogP contribution in [0.25, 0.3) is 6.08 Å². The van der Waals surface area contributed by atoms with Gasteiger partial charge in [0.15, 0.2) is 0 Å². The molecule has 0 fully saturated rings. The Bertz CT molecular complexity index is 592. The maximum atomic E-state index is 2.36. The number of rotatable bonds is 0. The molecule has 0 nitrogen and oxygen atoms in total. The Morgan fingerprint density at radius 1 is 0.688 bits per heavy atom. The summed E-state index contributed by atoms with van der Waals surface area (Å²) in [4.78, 5) is 0. The van der Waals surface area contributed by atoms with E-state index >= 15 is 0 Å². The molecule has 0 aromatic heterocycles. The van der Waals surface area contributed by atoms with Gasteiger partial charge in [-0.3, -0.25) is 0 Å². The summed E-state index contributed by atoms with van der Waals surface area (Å²) < 4.78 is 0. The summed E-state index contributed by atoms with van der Waals surface area (Å²) in [6.07, 6.45) is 4.63. The maximum Gasteiger partial charge on any atom is 0.0202 e. The van der Waals surface area contributed by atoms with E-state index in [2.05, 4.69) is 60.7 Å². The van der Waals surface area contributed by atoms with Gasteiger partial charge >= 0.3 is 0 Å². The van der Waals surface area contributed by atoms with Crippen molar-refractivity contribution in [2.75, 3.05) is 0 Å². The quantitative estimate of drug-likeness (QED) is 0.609. The van der Waals surface area contributed by atoms with Gasteiger partial charge in [-0.1, -0.05) is 60.7 Å². The lowest BCUT2D eigenvalue weighted by Crippen LogP contribution is -2.26. The first-order chi connectivity index (χ1) is 7.95. The predicted molar refractivity (Wildman–Crippen MR) is 66.5 cm³/mol. The number of benzene rings is 2. The van der Waals surface area contributed by atoms with Gasteiger partial charge in [0.25, 0.3) is 0 Å². The summed E-state index contributed by atoms with van der Waals surface area (Å²) in [5.41, 5.74) is 5.91. The number of allylic oxidation sites excluding steroid dienone is 1. The van der Waals surface area contributed by atoms with Gasteiger partial charge < -0.3 is 0 Å². The first-order valence-corrected chi connectivity index (χ1v) is 5.81. The lowest BCUT2D eigenvalue weighted by molar-refractivity contribution is 0.619. The van der Waals surface area contributed by atoms with E-state index in [0.29, 0.717) is 11.8 Å². The molecular formula is C16H12. The SMILES string of the molecule is C1=CC2c3ccccc3C2c2ccccc21. The molecule has 2 aromatic rings. The number of hydrogen-bond acceptors (Lipinski definition) is 0. The highest BCUT2D eigenvalue weighted by molar-refractivity contribution is 5.68. The van der Waals surface area contributed by atoms with Crippen molar-refractivity contribution in [2.45, 2.75) is 11.8 Å². The van der Waals surface area contributed by atoms with Crippen molar-refractivity contribution < 1.29 is 0 Å². The monoisotopic (exact) mass is 204 g/mol. The molecular weight excluding hydrogens is 192 g/mol. The van der Waals surface area contributed by atoms with E-state index in [0.717, 1.165) is 0 Å². The molecule has 0 aliphatic heterocycles. The molecule has 0 amide bonds. The first kappa shape index (κ1) is 8.35. The molecule has 2 aliphatic rings. The number of hydrogen-bond donors (Lipinski definition) is 0. The Morgan fingerprint density at radius 3 is 2.25 bits per heavy atom. The summed E-state index contributed by atoms with van der Waals surface area (Å²) in [7, 11) is 0. The van der Waals surface area contributed by atoms with Crippen molar-refractivity contribution in [1.29, 1.82) is 0 Å². The van der Waals surface area contributed by atoms with Gasteiger partial charge in [-0.2, -0.15) is 0 Å². The van der Waals surface area contributed by atoms with Crippen molar-refractivity contribution in [3.8, 4) is 0 Å². The van der Waals surface area contributed by atoms with E-state index in [-0.39, 0.29) is 0 Å². The summed E-state index contributed by atoms with van der Waals surface area (Å²) in [5.74, 6) is 1.23. The smallest absolute Gasteiger partial charge is 0.0202 e. The van der Waals surface area contributed by atoms with Crippen LogP contribution in [0, 0.1) is 0 Å². The van der Waals surface area contributed by atoms with Crippen LogP contribution in [0.1, 0.15) is 34.1 Å². The highest BCUT2D eigenvalue weighted by Crippen LogP contribution is 2.54. The van der Waals surface area contributed by atoms with Crippen molar-refractivity contribution >= 4 is 6.08 Å². The van der Waals surface area contributed by atoms with E-state index in [1.807, 2.05) is 0 Å². The van der Waals surface area contributed by atoms with Gasteiger partial charge in [0, 0.05) is 11.8 Å². The van der Waals surface area contributed by atoms with Crippen LogP contribution in [0.15, 0.2) is 54.6 Å². The Kier molecular flexibility index (Phi) is 1.49. The standard InChI is InChI=1S/C16H12/c1-2-6-12-11(5-1)9-10-15-13-7-3-4-8-14(13)16(12)15/h1-10,15-16H. The molecule has 0 heterocycles. The Labute approximate surface area is 95.2 Å². The molecule has 0 heteroatoms. The Morgan fingerprint density at radius 2 is 1.38 bits per heavy atom. The third-order valence-electron chi connectivity index (χ3n) is 3.86. The topological polar surface area (TPSA) is 0 Å². The van der Waals surface area contributed by atoms with Crippen molar-refractivity contribution in [3.63, 3.8) is 0 Å². The van der Waals surface area contributed by atoms with Crippen LogP contribution in [-0.4, -0.2) is 0 Å². The summed E-state index contributed by atoms with van der Waals surface area (Å²) in [6, 6.07) is 17.6. The predicted octanol–water partition coefficient (Wildman–Crippen LogP) is 3.94. The summed E-state index contributed by atoms with van der Waals surface area (Å²) in [6.45, 7) is 0. The largest absolute Gasteiger partial charge is 0.0754 e. The van der Waals surface area contributed by atoms with Crippen LogP contribution >= 0.6 is 0 Å². The summed E-state index contributed by atoms with van der Waals surface area (Å²) in [5, 5.41) is 0. The summed E-state index contributed by atoms with van der Waals surface area (Å²) >= 11 is 0. The van der Waals surface area contributed by atoms with Gasteiger partial charge in [-0.25, -0.2) is 0 Å². The van der Waals surface area contributed by atoms with Crippen molar-refractivity contribution in [2.24, 2.45) is 0 Å². The zero-order valence-corrected chi connectivity index (χ0v) is 8.93. The molecule has 0 N–H and O–H groups in total. The van der Waals surface area contributed by atoms with Crippen molar-refractivity contribution in [3.05, 3.63) is 76.9 Å². The molecule has 0 saturated carbocycles. The van der Waals surface area contributed by atoms with E-state index < -0.39 is 0 Å². The maximum absolute atomic E-state index is 2.36. The zero-order valence-electron chi connectivity index (χ0n) is 8.93. The first-order valence-electron chi connectivity index (χ1n) is 5.81. The minimum absolute atomic E-state index is 0.609. The van der Waals surface area contributed by atoms with Gasteiger partial charge in [0.2, 0.25) is 0 Å². The van der Waals surface area contributed by atoms with Gasteiger partial charge in [0.1, 0.15) is 0 Å². The second-order valence-corrected chi connectivity index (χ2v) is 4.62. The average Bonchev–Trinajstić information content (AvgIpc) is 2.34. The highest BCUT2D eigenvalue weighted by atomic mass is 14.4. The minimum atomic E-state index is 0.609. The zero-order chi connectivity index (χ0) is 10.5. The molecule has 0 spiro atoms. The molecule has 16 heavy (non-hydrogen) atoms. The van der Waals surface area contributed by atoms with Gasteiger partial charge in [-0.05, 0) is 22.3 Å². The second-order valence-electron chi connectivity index (χ2n) is 4.62. The third kappa shape index (κ3) is 0.898. The molecule has 0 bridgehead atoms. The molecule has 0 saturated heterocycles. The van der Waals surface area contributed by atoms with E-state index in [1.165, 1.54) is 22.3 Å². The second kappa shape index (κ2) is 2.85. The van der Waals surface area contributed by atoms with Crippen LogP contribution in [0.3, 0.4) is 0 Å².